The number of nitrogens with zero attached hydrogens (tertiary/aromatic N) is 1. The van der Waals surface area contributed by atoms with E-state index in [1.54, 1.807) is 30.4 Å². The molecular formula is C26H22ClNO5S. The van der Waals surface area contributed by atoms with Crippen molar-refractivity contribution in [2.75, 3.05) is 24.8 Å². The number of esters is 1. The molecule has 0 atom stereocenters. The first-order chi connectivity index (χ1) is 16.6. The summed E-state index contributed by atoms with van der Waals surface area (Å²) in [6.45, 7) is 2.92. The van der Waals surface area contributed by atoms with Gasteiger partial charge in [-0.05, 0) is 49.4 Å². The average Bonchev–Trinajstić information content (AvgIpc) is 3.43. The Balaban J connectivity index is 1.56. The highest BCUT2D eigenvalue weighted by atomic mass is 35.5. The fourth-order valence-electron chi connectivity index (χ4n) is 3.76. The molecule has 0 unspecified atom stereocenters. The van der Waals surface area contributed by atoms with Gasteiger partial charge in [0.05, 0.1) is 18.0 Å². The Morgan fingerprint density at radius 1 is 1.06 bits per heavy atom. The van der Waals surface area contributed by atoms with Gasteiger partial charge in [0.1, 0.15) is 12.3 Å². The number of carbonyl (C=O) groups is 1. The van der Waals surface area contributed by atoms with Crippen LogP contribution in [0.2, 0.25) is 5.02 Å². The summed E-state index contributed by atoms with van der Waals surface area (Å²) in [6, 6.07) is 20.9. The van der Waals surface area contributed by atoms with Crippen LogP contribution < -0.4 is 19.1 Å². The Morgan fingerprint density at radius 2 is 1.79 bits per heavy atom. The van der Waals surface area contributed by atoms with Crippen LogP contribution in [0.3, 0.4) is 0 Å². The van der Waals surface area contributed by atoms with E-state index >= 15 is 0 Å². The number of para-hydroxylation sites is 1. The fourth-order valence-corrected chi connectivity index (χ4v) is 5.05. The SMILES string of the molecule is CCOC(=O)CN(Cc1sc2cc3c(cc2c1Oc1ccc(Cl)cc1)OCO3)c1ccccc1. The summed E-state index contributed by atoms with van der Waals surface area (Å²) >= 11 is 7.66. The minimum atomic E-state index is -0.284. The minimum absolute atomic E-state index is 0.120. The first-order valence-corrected chi connectivity index (χ1v) is 12.0. The Bertz CT molecular complexity index is 1310. The van der Waals surface area contributed by atoms with Crippen LogP contribution in [0.4, 0.5) is 5.69 Å². The molecule has 1 aromatic heterocycles. The van der Waals surface area contributed by atoms with E-state index in [1.165, 1.54) is 0 Å². The van der Waals surface area contributed by atoms with Gasteiger partial charge >= 0.3 is 5.97 Å². The van der Waals surface area contributed by atoms with Crippen molar-refractivity contribution < 1.29 is 23.7 Å². The summed E-state index contributed by atoms with van der Waals surface area (Å²) in [7, 11) is 0. The molecule has 0 saturated carbocycles. The lowest BCUT2D eigenvalue weighted by Crippen LogP contribution is -2.30. The molecule has 8 heteroatoms. The molecule has 0 aliphatic carbocycles. The van der Waals surface area contributed by atoms with Gasteiger partial charge in [0.15, 0.2) is 17.2 Å². The smallest absolute Gasteiger partial charge is 0.325 e. The molecule has 3 aromatic carbocycles. The van der Waals surface area contributed by atoms with Gasteiger partial charge in [0, 0.05) is 26.9 Å². The monoisotopic (exact) mass is 495 g/mol. The van der Waals surface area contributed by atoms with Gasteiger partial charge in [0.25, 0.3) is 0 Å². The van der Waals surface area contributed by atoms with Gasteiger partial charge < -0.3 is 23.8 Å². The number of benzene rings is 3. The van der Waals surface area contributed by atoms with Crippen LogP contribution in [-0.4, -0.2) is 25.9 Å². The lowest BCUT2D eigenvalue weighted by molar-refractivity contribution is -0.141. The molecule has 0 N–H and O–H groups in total. The molecule has 1 aliphatic rings. The van der Waals surface area contributed by atoms with E-state index < -0.39 is 0 Å². The first kappa shape index (κ1) is 22.4. The first-order valence-electron chi connectivity index (χ1n) is 10.8. The number of halogens is 1. The van der Waals surface area contributed by atoms with Crippen molar-refractivity contribution in [2.45, 2.75) is 13.5 Å². The molecule has 0 bridgehead atoms. The second kappa shape index (κ2) is 9.83. The summed E-state index contributed by atoms with van der Waals surface area (Å²) in [5, 5.41) is 1.55. The van der Waals surface area contributed by atoms with Crippen LogP contribution >= 0.6 is 22.9 Å². The molecule has 0 spiro atoms. The second-order valence-corrected chi connectivity index (χ2v) is 9.18. The summed E-state index contributed by atoms with van der Waals surface area (Å²) in [5.41, 5.74) is 0.916. The van der Waals surface area contributed by atoms with Crippen LogP contribution in [0.5, 0.6) is 23.0 Å². The van der Waals surface area contributed by atoms with E-state index in [2.05, 4.69) is 0 Å². The van der Waals surface area contributed by atoms with Crippen molar-refractivity contribution in [3.63, 3.8) is 0 Å². The van der Waals surface area contributed by atoms with Crippen LogP contribution in [-0.2, 0) is 16.1 Å². The molecule has 0 amide bonds. The van der Waals surface area contributed by atoms with Crippen LogP contribution in [0.15, 0.2) is 66.7 Å². The highest BCUT2D eigenvalue weighted by molar-refractivity contribution is 7.19. The van der Waals surface area contributed by atoms with Crippen LogP contribution in [0, 0.1) is 0 Å². The topological polar surface area (TPSA) is 57.2 Å². The highest BCUT2D eigenvalue weighted by Crippen LogP contribution is 2.47. The third-order valence-electron chi connectivity index (χ3n) is 5.32. The van der Waals surface area contributed by atoms with Gasteiger partial charge in [-0.3, -0.25) is 4.79 Å². The number of anilines is 1. The van der Waals surface area contributed by atoms with Crippen LogP contribution in [0.25, 0.3) is 10.1 Å². The molecule has 1 aliphatic heterocycles. The van der Waals surface area contributed by atoms with Gasteiger partial charge in [-0.1, -0.05) is 29.8 Å². The number of carbonyl (C=O) groups excluding carboxylic acids is 1. The Labute approximate surface area is 206 Å². The van der Waals surface area contributed by atoms with E-state index in [9.17, 15) is 4.79 Å². The number of fused-ring (bicyclic) bond motifs is 2. The Kier molecular flexibility index (Phi) is 6.47. The molecule has 5 rings (SSSR count). The lowest BCUT2D eigenvalue weighted by atomic mass is 10.2. The Hall–Kier alpha value is -3.42. The number of thiophene rings is 1. The van der Waals surface area contributed by atoms with Gasteiger partial charge in [-0.15, -0.1) is 11.3 Å². The van der Waals surface area contributed by atoms with Crippen molar-refractivity contribution in [1.82, 2.24) is 0 Å². The van der Waals surface area contributed by atoms with Crippen molar-refractivity contribution in [3.05, 3.63) is 76.6 Å². The number of ether oxygens (including phenoxy) is 4. The molecule has 0 radical (unpaired) electrons. The molecule has 174 valence electrons. The quantitative estimate of drug-likeness (QED) is 0.255. The molecule has 6 nitrogen and oxygen atoms in total. The minimum Gasteiger partial charge on any atom is -0.465 e. The summed E-state index contributed by atoms with van der Waals surface area (Å²) in [6.07, 6.45) is 0. The van der Waals surface area contributed by atoms with Crippen molar-refractivity contribution in [2.24, 2.45) is 0 Å². The standard InChI is InChI=1S/C26H22ClNO5S/c1-2-30-25(29)15-28(18-6-4-3-5-7-18)14-24-26(33-19-10-8-17(27)9-11-19)20-12-21-22(32-16-31-21)13-23(20)34-24/h3-13H,2,14-16H2,1H3. The maximum atomic E-state index is 12.4. The number of hydrogen-bond donors (Lipinski definition) is 0. The number of hydrogen-bond acceptors (Lipinski definition) is 7. The lowest BCUT2D eigenvalue weighted by Gasteiger charge is -2.24. The van der Waals surface area contributed by atoms with Gasteiger partial charge in [0.2, 0.25) is 6.79 Å². The maximum Gasteiger partial charge on any atom is 0.325 e. The summed E-state index contributed by atoms with van der Waals surface area (Å²) in [4.78, 5) is 15.3. The molecule has 34 heavy (non-hydrogen) atoms. The van der Waals surface area contributed by atoms with E-state index in [0.717, 1.165) is 20.7 Å². The van der Waals surface area contributed by atoms with E-state index in [0.29, 0.717) is 41.2 Å². The third-order valence-corrected chi connectivity index (χ3v) is 6.69. The van der Waals surface area contributed by atoms with Gasteiger partial charge in [-0.2, -0.15) is 0 Å². The predicted octanol–water partition coefficient (Wildman–Crippen LogP) is 6.65. The number of rotatable bonds is 8. The Morgan fingerprint density at radius 3 is 2.53 bits per heavy atom. The molecule has 4 aromatic rings. The maximum absolute atomic E-state index is 12.4. The summed E-state index contributed by atoms with van der Waals surface area (Å²) < 4.78 is 23.8. The predicted molar refractivity (Wildman–Crippen MR) is 134 cm³/mol. The average molecular weight is 496 g/mol. The normalized spacial score (nSPS) is 12.1. The van der Waals surface area contributed by atoms with E-state index in [-0.39, 0.29) is 19.3 Å². The second-order valence-electron chi connectivity index (χ2n) is 7.61. The third kappa shape index (κ3) is 4.76. The van der Waals surface area contributed by atoms with Crippen molar-refractivity contribution in [1.29, 1.82) is 0 Å². The van der Waals surface area contributed by atoms with Crippen molar-refractivity contribution >= 4 is 44.7 Å². The molecule has 2 heterocycles. The van der Waals surface area contributed by atoms with Crippen LogP contribution in [0.1, 0.15) is 11.8 Å². The van der Waals surface area contributed by atoms with Crippen molar-refractivity contribution in [3.8, 4) is 23.0 Å². The highest BCUT2D eigenvalue weighted by Gasteiger charge is 2.23. The molecular weight excluding hydrogens is 474 g/mol. The molecule has 0 saturated heterocycles. The fraction of sp³-hybridized carbons (Fsp3) is 0.192. The largest absolute Gasteiger partial charge is 0.465 e. The van der Waals surface area contributed by atoms with E-state index in [1.807, 2.05) is 59.5 Å². The zero-order valence-electron chi connectivity index (χ0n) is 18.5. The zero-order valence-corrected chi connectivity index (χ0v) is 20.0. The molecule has 0 fully saturated rings. The van der Waals surface area contributed by atoms with Gasteiger partial charge in [-0.25, -0.2) is 0 Å². The van der Waals surface area contributed by atoms with E-state index in [4.69, 9.17) is 30.5 Å². The summed E-state index contributed by atoms with van der Waals surface area (Å²) in [5.74, 6) is 2.49. The zero-order chi connectivity index (χ0) is 23.5.